The maximum absolute atomic E-state index is 11.6. The van der Waals surface area contributed by atoms with Crippen LogP contribution in [-0.4, -0.2) is 18.6 Å². The first kappa shape index (κ1) is 18.4. The number of carbonyl (C=O) groups is 1. The van der Waals surface area contributed by atoms with Gasteiger partial charge < -0.3 is 10.5 Å². The third kappa shape index (κ3) is 13.7. The maximum Gasteiger partial charge on any atom is 0.307 e. The summed E-state index contributed by atoms with van der Waals surface area (Å²) in [5, 5.41) is 0. The first-order valence-electron chi connectivity index (χ1n) is 7.76. The second-order valence-corrected chi connectivity index (χ2v) is 6.72. The molecule has 1 atom stereocenters. The number of hydrogen-bond donors (Lipinski definition) is 1. The highest BCUT2D eigenvalue weighted by molar-refractivity contribution is 5.70. The number of ether oxygens (including phenoxy) is 1. The molecule has 0 aliphatic heterocycles. The minimum absolute atomic E-state index is 0.0861. The Kier molecular flexibility index (Phi) is 9.94. The van der Waals surface area contributed by atoms with Gasteiger partial charge in [-0.15, -0.1) is 0 Å². The zero-order valence-corrected chi connectivity index (χ0v) is 13.3. The van der Waals surface area contributed by atoms with Gasteiger partial charge in [-0.1, -0.05) is 59.8 Å². The third-order valence-electron chi connectivity index (χ3n) is 3.06. The molecule has 3 nitrogen and oxygen atoms in total. The molecule has 3 heteroatoms. The summed E-state index contributed by atoms with van der Waals surface area (Å²) in [6.07, 6.45) is 8.43. The number of esters is 1. The summed E-state index contributed by atoms with van der Waals surface area (Å²) < 4.78 is 5.21. The van der Waals surface area contributed by atoms with Crippen molar-refractivity contribution in [1.29, 1.82) is 0 Å². The van der Waals surface area contributed by atoms with Crippen molar-refractivity contribution in [2.45, 2.75) is 85.1 Å². The summed E-state index contributed by atoms with van der Waals surface area (Å²) in [7, 11) is 0. The van der Waals surface area contributed by atoms with Gasteiger partial charge in [-0.2, -0.15) is 0 Å². The molecule has 0 fully saturated rings. The average molecular weight is 271 g/mol. The summed E-state index contributed by atoms with van der Waals surface area (Å²) >= 11 is 0. The van der Waals surface area contributed by atoms with Crippen molar-refractivity contribution in [3.05, 3.63) is 0 Å². The molecular formula is C16H33NO2. The second-order valence-electron chi connectivity index (χ2n) is 6.72. The molecule has 0 saturated carbocycles. The smallest absolute Gasteiger partial charge is 0.307 e. The number of nitrogens with two attached hydrogens (primary N) is 1. The van der Waals surface area contributed by atoms with E-state index in [9.17, 15) is 4.79 Å². The van der Waals surface area contributed by atoms with Crippen LogP contribution in [0.1, 0.15) is 79.1 Å². The van der Waals surface area contributed by atoms with E-state index in [1.807, 2.05) is 0 Å². The van der Waals surface area contributed by atoms with Crippen molar-refractivity contribution >= 4 is 5.97 Å². The van der Waals surface area contributed by atoms with Crippen molar-refractivity contribution in [3.63, 3.8) is 0 Å². The van der Waals surface area contributed by atoms with Crippen molar-refractivity contribution in [1.82, 2.24) is 0 Å². The van der Waals surface area contributed by atoms with Crippen LogP contribution in [0.5, 0.6) is 0 Å². The number of carbonyl (C=O) groups excluding carboxylic acids is 1. The molecule has 19 heavy (non-hydrogen) atoms. The van der Waals surface area contributed by atoms with E-state index < -0.39 is 0 Å². The SMILES string of the molecule is CCCCCCCCOC(=O)CC(N)CC(C)(C)C. The summed E-state index contributed by atoms with van der Waals surface area (Å²) in [6, 6.07) is -0.0861. The highest BCUT2D eigenvalue weighted by Gasteiger charge is 2.18. The lowest BCUT2D eigenvalue weighted by atomic mass is 9.87. The lowest BCUT2D eigenvalue weighted by molar-refractivity contribution is -0.144. The molecule has 0 heterocycles. The van der Waals surface area contributed by atoms with Crippen LogP contribution in [0.25, 0.3) is 0 Å². The summed E-state index contributed by atoms with van der Waals surface area (Å²) in [6.45, 7) is 9.16. The number of hydrogen-bond acceptors (Lipinski definition) is 3. The molecule has 0 aromatic heterocycles. The van der Waals surface area contributed by atoms with E-state index in [2.05, 4.69) is 27.7 Å². The fraction of sp³-hybridized carbons (Fsp3) is 0.938. The van der Waals surface area contributed by atoms with Crippen molar-refractivity contribution in [3.8, 4) is 0 Å². The van der Waals surface area contributed by atoms with E-state index >= 15 is 0 Å². The summed E-state index contributed by atoms with van der Waals surface area (Å²) in [4.78, 5) is 11.6. The van der Waals surface area contributed by atoms with Crippen LogP contribution in [0.15, 0.2) is 0 Å². The van der Waals surface area contributed by atoms with Gasteiger partial charge in [0, 0.05) is 6.04 Å². The van der Waals surface area contributed by atoms with Crippen molar-refractivity contribution in [2.24, 2.45) is 11.1 Å². The molecule has 0 bridgehead atoms. The molecule has 0 amide bonds. The van der Waals surface area contributed by atoms with Crippen molar-refractivity contribution in [2.75, 3.05) is 6.61 Å². The van der Waals surface area contributed by atoms with Gasteiger partial charge in [0.15, 0.2) is 0 Å². The predicted octanol–water partition coefficient (Wildman–Crippen LogP) is 4.04. The molecular weight excluding hydrogens is 238 g/mol. The quantitative estimate of drug-likeness (QED) is 0.482. The molecule has 0 rings (SSSR count). The Morgan fingerprint density at radius 1 is 1.11 bits per heavy atom. The van der Waals surface area contributed by atoms with Gasteiger partial charge in [0.2, 0.25) is 0 Å². The minimum Gasteiger partial charge on any atom is -0.466 e. The van der Waals surface area contributed by atoms with Gasteiger partial charge in [0.1, 0.15) is 0 Å². The van der Waals surface area contributed by atoms with Gasteiger partial charge in [-0.3, -0.25) is 4.79 Å². The monoisotopic (exact) mass is 271 g/mol. The van der Waals surface area contributed by atoms with E-state index in [4.69, 9.17) is 10.5 Å². The standard InChI is InChI=1S/C16H33NO2/c1-5-6-7-8-9-10-11-19-15(18)12-14(17)13-16(2,3)4/h14H,5-13,17H2,1-4H3. The Hall–Kier alpha value is -0.570. The van der Waals surface area contributed by atoms with E-state index in [1.54, 1.807) is 0 Å². The molecule has 1 unspecified atom stereocenters. The molecule has 0 aromatic carbocycles. The Balaban J connectivity index is 3.49. The maximum atomic E-state index is 11.6. The Morgan fingerprint density at radius 2 is 1.68 bits per heavy atom. The zero-order valence-electron chi connectivity index (χ0n) is 13.3. The third-order valence-corrected chi connectivity index (χ3v) is 3.06. The molecule has 0 saturated heterocycles. The molecule has 0 aromatic rings. The van der Waals surface area contributed by atoms with Crippen molar-refractivity contribution < 1.29 is 9.53 Å². The molecule has 0 radical (unpaired) electrons. The van der Waals surface area contributed by atoms with Crippen LogP contribution >= 0.6 is 0 Å². The largest absolute Gasteiger partial charge is 0.466 e. The fourth-order valence-electron chi connectivity index (χ4n) is 2.20. The Bertz CT molecular complexity index is 233. The van der Waals surface area contributed by atoms with Crippen LogP contribution in [0.4, 0.5) is 0 Å². The number of rotatable bonds is 10. The molecule has 0 aliphatic carbocycles. The first-order chi connectivity index (χ1) is 8.85. The predicted molar refractivity (Wildman–Crippen MR) is 81.0 cm³/mol. The van der Waals surface area contributed by atoms with Crippen LogP contribution in [-0.2, 0) is 9.53 Å². The molecule has 114 valence electrons. The zero-order chi connectivity index (χ0) is 14.7. The molecule has 0 aliphatic rings. The summed E-state index contributed by atoms with van der Waals surface area (Å²) in [5.41, 5.74) is 6.11. The first-order valence-corrected chi connectivity index (χ1v) is 7.76. The van der Waals surface area contributed by atoms with Crippen LogP contribution < -0.4 is 5.73 Å². The van der Waals surface area contributed by atoms with Gasteiger partial charge in [0.25, 0.3) is 0 Å². The minimum atomic E-state index is -0.148. The lowest BCUT2D eigenvalue weighted by Gasteiger charge is -2.22. The van der Waals surface area contributed by atoms with E-state index in [1.165, 1.54) is 25.7 Å². The summed E-state index contributed by atoms with van der Waals surface area (Å²) in [5.74, 6) is -0.148. The molecule has 0 spiro atoms. The Morgan fingerprint density at radius 3 is 2.26 bits per heavy atom. The van der Waals surface area contributed by atoms with Gasteiger partial charge >= 0.3 is 5.97 Å². The van der Waals surface area contributed by atoms with Gasteiger partial charge in [0.05, 0.1) is 13.0 Å². The fourth-order valence-corrected chi connectivity index (χ4v) is 2.20. The van der Waals surface area contributed by atoms with Crippen LogP contribution in [0.3, 0.4) is 0 Å². The lowest BCUT2D eigenvalue weighted by Crippen LogP contribution is -2.29. The Labute approximate surface area is 119 Å². The topological polar surface area (TPSA) is 52.3 Å². The average Bonchev–Trinajstić information content (AvgIpc) is 2.25. The van der Waals surface area contributed by atoms with Gasteiger partial charge in [-0.25, -0.2) is 0 Å². The van der Waals surface area contributed by atoms with Gasteiger partial charge in [-0.05, 0) is 18.3 Å². The number of unbranched alkanes of at least 4 members (excludes halogenated alkanes) is 5. The van der Waals surface area contributed by atoms with E-state index in [0.717, 1.165) is 19.3 Å². The highest BCUT2D eigenvalue weighted by Crippen LogP contribution is 2.21. The highest BCUT2D eigenvalue weighted by atomic mass is 16.5. The van der Waals surface area contributed by atoms with E-state index in [-0.39, 0.29) is 17.4 Å². The molecule has 2 N–H and O–H groups in total. The van der Waals surface area contributed by atoms with E-state index in [0.29, 0.717) is 13.0 Å². The van der Waals surface area contributed by atoms with Crippen LogP contribution in [0.2, 0.25) is 0 Å². The van der Waals surface area contributed by atoms with Crippen LogP contribution in [0, 0.1) is 5.41 Å². The second kappa shape index (κ2) is 10.2. The normalized spacial score (nSPS) is 13.3.